The first-order valence-electron chi connectivity index (χ1n) is 16.2. The number of fused-ring (bicyclic) bond motifs is 2. The van der Waals surface area contributed by atoms with Crippen LogP contribution in [-0.2, 0) is 38.1 Å². The summed E-state index contributed by atoms with van der Waals surface area (Å²) >= 11 is 13.8. The Labute approximate surface area is 360 Å². The average Bonchev–Trinajstić information content (AvgIpc) is 3.88. The molecule has 4 aromatic rings. The van der Waals surface area contributed by atoms with Gasteiger partial charge >= 0.3 is 11.9 Å². The lowest BCUT2D eigenvalue weighted by Crippen LogP contribution is -2.16. The maximum Gasteiger partial charge on any atom is 0.308 e. The second-order valence-electron chi connectivity index (χ2n) is 11.8. The van der Waals surface area contributed by atoms with Gasteiger partial charge in [-0.3, -0.25) is 28.8 Å². The number of Topliss-reactive ketones (excluding diaryl/α,β-unsaturated/α-hetero) is 2. The summed E-state index contributed by atoms with van der Waals surface area (Å²) in [6.45, 7) is 3.27. The lowest BCUT2D eigenvalue weighted by molar-refractivity contribution is -0.145. The average molecular weight is 913 g/mol. The van der Waals surface area contributed by atoms with Crippen LogP contribution in [0.2, 0.25) is 5.02 Å². The summed E-state index contributed by atoms with van der Waals surface area (Å²) in [7, 11) is 5.53. The number of amides is 2. The van der Waals surface area contributed by atoms with Crippen LogP contribution in [0.15, 0.2) is 30.3 Å². The maximum atomic E-state index is 12.3. The highest BCUT2D eigenvalue weighted by Gasteiger charge is 2.27. The molecule has 1 aliphatic rings. The predicted molar refractivity (Wildman–Crippen MR) is 225 cm³/mol. The van der Waals surface area contributed by atoms with E-state index in [2.05, 4.69) is 9.47 Å². The first kappa shape index (κ1) is 51.2. The molecule has 2 amide bonds. The summed E-state index contributed by atoms with van der Waals surface area (Å²) in [5.74, 6) is -2.54. The Morgan fingerprint density at radius 2 is 1.19 bits per heavy atom. The number of ketones is 2. The molecule has 314 valence electrons. The van der Waals surface area contributed by atoms with Crippen molar-refractivity contribution in [3.05, 3.63) is 45.1 Å². The fraction of sp³-hybridized carbons (Fsp3) is 0.389. The van der Waals surface area contributed by atoms with E-state index >= 15 is 0 Å². The van der Waals surface area contributed by atoms with Crippen molar-refractivity contribution in [3.8, 4) is 23.0 Å². The Morgan fingerprint density at radius 1 is 0.737 bits per heavy atom. The zero-order valence-electron chi connectivity index (χ0n) is 31.6. The number of phenolic OH excluding ortho intramolecular Hbond substituents is 2. The van der Waals surface area contributed by atoms with Crippen LogP contribution in [-0.4, -0.2) is 92.0 Å². The molecular formula is C36H43Cl2NO14S4. The van der Waals surface area contributed by atoms with Crippen LogP contribution < -0.4 is 9.47 Å². The van der Waals surface area contributed by atoms with E-state index in [9.17, 15) is 39.0 Å². The number of carbonyl (C=O) groups excluding carboxylic acids is 6. The van der Waals surface area contributed by atoms with Gasteiger partial charge in [-0.1, -0.05) is 25.4 Å². The molecule has 0 bridgehead atoms. The molecule has 2 aromatic heterocycles. The van der Waals surface area contributed by atoms with Crippen LogP contribution in [0.1, 0.15) is 58.9 Å². The van der Waals surface area contributed by atoms with E-state index in [-0.39, 0.29) is 112 Å². The number of carbonyl (C=O) groups is 6. The summed E-state index contributed by atoms with van der Waals surface area (Å²) in [5, 5.41) is 21.4. The van der Waals surface area contributed by atoms with Gasteiger partial charge in [0.1, 0.15) is 0 Å². The number of hydrogen-bond acceptors (Lipinski definition) is 16. The van der Waals surface area contributed by atoms with Gasteiger partial charge in [0.05, 0.1) is 40.8 Å². The number of halogens is 2. The zero-order chi connectivity index (χ0) is 41.0. The molecule has 1 fully saturated rings. The Hall–Kier alpha value is -3.82. The number of hydrogen-bond donors (Lipinski definition) is 2. The fourth-order valence-electron chi connectivity index (χ4n) is 4.78. The zero-order valence-corrected chi connectivity index (χ0v) is 36.7. The van der Waals surface area contributed by atoms with E-state index in [1.165, 1.54) is 57.2 Å². The number of benzene rings is 2. The van der Waals surface area contributed by atoms with E-state index in [0.717, 1.165) is 10.1 Å². The molecule has 3 heterocycles. The van der Waals surface area contributed by atoms with Crippen molar-refractivity contribution in [1.82, 2.24) is 4.42 Å². The van der Waals surface area contributed by atoms with Crippen molar-refractivity contribution < 1.29 is 67.4 Å². The molecule has 0 spiro atoms. The number of imide groups is 1. The van der Waals surface area contributed by atoms with Gasteiger partial charge in [0.2, 0.25) is 11.8 Å². The normalized spacial score (nSPS) is 12.9. The van der Waals surface area contributed by atoms with Gasteiger partial charge in [-0.25, -0.2) is 0 Å². The molecule has 5 rings (SSSR count). The number of thiophene rings is 2. The molecule has 15 nitrogen and oxygen atoms in total. The number of rotatable bonds is 14. The highest BCUT2D eigenvalue weighted by molar-refractivity contribution is 7.59. The van der Waals surface area contributed by atoms with Crippen LogP contribution in [0.3, 0.4) is 0 Å². The molecule has 0 unspecified atom stereocenters. The second-order valence-corrected chi connectivity index (χ2v) is 14.7. The summed E-state index contributed by atoms with van der Waals surface area (Å²) in [6, 6.07) is 8.10. The smallest absolute Gasteiger partial charge is 0.308 e. The van der Waals surface area contributed by atoms with Crippen molar-refractivity contribution in [2.24, 2.45) is 11.8 Å². The van der Waals surface area contributed by atoms with Crippen LogP contribution in [0, 0.1) is 11.8 Å². The number of aromatic hydroxyl groups is 2. The third-order valence-electron chi connectivity index (χ3n) is 7.69. The van der Waals surface area contributed by atoms with E-state index in [1.807, 2.05) is 0 Å². The van der Waals surface area contributed by atoms with Crippen LogP contribution in [0.25, 0.3) is 20.2 Å². The highest BCUT2D eigenvalue weighted by Crippen LogP contribution is 2.44. The van der Waals surface area contributed by atoms with Gasteiger partial charge in [-0.2, -0.15) is 31.4 Å². The molecule has 57 heavy (non-hydrogen) atoms. The first-order chi connectivity index (χ1) is 26.1. The lowest BCUT2D eigenvalue weighted by Gasteiger charge is -2.08. The molecule has 1 aliphatic heterocycles. The monoisotopic (exact) mass is 911 g/mol. The van der Waals surface area contributed by atoms with Gasteiger partial charge in [0.25, 0.3) is 0 Å². The van der Waals surface area contributed by atoms with E-state index < -0.39 is 23.8 Å². The minimum atomic E-state index is -0.530. The maximum absolute atomic E-state index is 12.3. The minimum Gasteiger partial charge on any atom is -0.504 e. The molecule has 0 radical (unpaired) electrons. The van der Waals surface area contributed by atoms with Crippen molar-refractivity contribution in [1.29, 1.82) is 0 Å². The topological polar surface area (TPSA) is 201 Å². The molecule has 1 saturated heterocycles. The first-order valence-corrected chi connectivity index (χ1v) is 18.6. The Bertz CT molecular complexity index is 2040. The van der Waals surface area contributed by atoms with Gasteiger partial charge < -0.3 is 38.6 Å². The summed E-state index contributed by atoms with van der Waals surface area (Å²) in [4.78, 5) is 69.2. The molecule has 0 saturated carbocycles. The van der Waals surface area contributed by atoms with Crippen LogP contribution in [0.4, 0.5) is 0 Å². The Morgan fingerprint density at radius 3 is 1.65 bits per heavy atom. The summed E-state index contributed by atoms with van der Waals surface area (Å²) in [6.07, 6.45) is 0.652. The second kappa shape index (κ2) is 24.2. The van der Waals surface area contributed by atoms with Crippen molar-refractivity contribution in [3.63, 3.8) is 0 Å². The fourth-order valence-corrected chi connectivity index (χ4v) is 7.33. The van der Waals surface area contributed by atoms with Crippen LogP contribution >= 0.6 is 73.0 Å². The summed E-state index contributed by atoms with van der Waals surface area (Å²) < 4.78 is 31.5. The van der Waals surface area contributed by atoms with Crippen LogP contribution in [0.5, 0.6) is 23.0 Å². The number of methoxy groups -OCH3 is 4. The standard InChI is InChI=1S/C16H17ClO6S.C16H18O6S.C4H4ClNO2.2H2S/c1-8(16(20)22-3)4-10(18)13-5-9-12(24-13)6-11(23-7-21-2)15(19)14(9)17;1-9(16(19)21-3)4-12(18)15-6-10-5-11(17)13(22-8-20-2)7-14(10)23-15;5-6-3(7)1-2-4(6)8;;/h5-6,8,19H,4,7H2,1-3H3;5-7,9,17H,4,8H2,1-3H3;1-2H2;2*1H2/t8-;9-;;;/m00.../s1. The predicted octanol–water partition coefficient (Wildman–Crippen LogP) is 7.11. The van der Waals surface area contributed by atoms with E-state index in [4.69, 9.17) is 42.3 Å². The third-order valence-corrected chi connectivity index (χ3v) is 10.7. The van der Waals surface area contributed by atoms with E-state index in [1.54, 1.807) is 38.1 Å². The molecule has 2 aromatic carbocycles. The molecule has 2 N–H and O–H groups in total. The van der Waals surface area contributed by atoms with Gasteiger partial charge in [-0.15, -0.1) is 22.7 Å². The molecular weight excluding hydrogens is 870 g/mol. The number of nitrogens with zero attached hydrogens (tertiary/aromatic N) is 1. The lowest BCUT2D eigenvalue weighted by atomic mass is 10.0. The third kappa shape index (κ3) is 13.9. The summed E-state index contributed by atoms with van der Waals surface area (Å²) in [5.41, 5.74) is 0. The van der Waals surface area contributed by atoms with Gasteiger partial charge in [-0.05, 0) is 23.6 Å². The minimum absolute atomic E-state index is 0. The van der Waals surface area contributed by atoms with Crippen molar-refractivity contribution in [2.45, 2.75) is 39.5 Å². The quantitative estimate of drug-likeness (QED) is 0.0426. The van der Waals surface area contributed by atoms with Gasteiger partial charge in [0, 0.05) is 78.6 Å². The molecule has 21 heteroatoms. The van der Waals surface area contributed by atoms with Crippen molar-refractivity contribution in [2.75, 3.05) is 42.0 Å². The number of esters is 2. The largest absolute Gasteiger partial charge is 0.504 e. The Balaban J connectivity index is 0.000000464. The Kier molecular flexibility index (Phi) is 21.7. The number of ether oxygens (including phenoxy) is 6. The highest BCUT2D eigenvalue weighted by atomic mass is 35.5. The number of phenols is 2. The molecule has 0 aliphatic carbocycles. The van der Waals surface area contributed by atoms with Crippen molar-refractivity contribution >= 4 is 129 Å². The SMILES string of the molecule is COCOc1cc2sc(C(=O)C[C@H](C)C(=O)OC)cc2c(Cl)c1O.COCOc1cc2sc(C(=O)C[C@H](C)C(=O)OC)cc2cc1O.O=C1CCC(=O)N1Cl.S.S. The van der Waals surface area contributed by atoms with E-state index in [0.29, 0.717) is 30.0 Å². The van der Waals surface area contributed by atoms with Gasteiger partial charge in [0.15, 0.2) is 48.2 Å². The molecule has 2 atom stereocenters.